The Balaban J connectivity index is 2.78. The van der Waals surface area contributed by atoms with Crippen molar-refractivity contribution >= 4 is 11.9 Å². The summed E-state index contributed by atoms with van der Waals surface area (Å²) in [5, 5.41) is 2.78. The molecule has 0 saturated heterocycles. The van der Waals surface area contributed by atoms with Crippen LogP contribution in [0.3, 0.4) is 0 Å². The van der Waals surface area contributed by atoms with E-state index in [2.05, 4.69) is 5.32 Å². The predicted octanol–water partition coefficient (Wildman–Crippen LogP) is 0.716. The maximum atomic E-state index is 12.0. The Labute approximate surface area is 102 Å². The number of hydrogen-bond donors (Lipinski definition) is 2. The molecule has 1 rings (SSSR count). The van der Waals surface area contributed by atoms with Gasteiger partial charge in [-0.25, -0.2) is 4.79 Å². The fourth-order valence-corrected chi connectivity index (χ4v) is 2.15. The summed E-state index contributed by atoms with van der Waals surface area (Å²) in [5.74, 6) is -0.617. The molecule has 0 aromatic rings. The van der Waals surface area contributed by atoms with Gasteiger partial charge in [0.1, 0.15) is 5.54 Å². The number of ether oxygens (including phenoxy) is 1. The highest BCUT2D eigenvalue weighted by Gasteiger charge is 2.42. The van der Waals surface area contributed by atoms with Crippen LogP contribution in [0.4, 0.5) is 0 Å². The first-order valence-corrected chi connectivity index (χ1v) is 6.26. The molecule has 0 aromatic heterocycles. The standard InChI is InChI=1S/C12H22N2O3/c1-3-17-11(16)12(7-5-4-6-8-12)14-10(15)9(2)13/h9H,3-8,13H2,1-2H3,(H,14,15). The zero-order valence-corrected chi connectivity index (χ0v) is 10.6. The molecule has 1 unspecified atom stereocenters. The average molecular weight is 242 g/mol. The Kier molecular flexibility index (Phi) is 4.93. The molecule has 0 radical (unpaired) electrons. The Hall–Kier alpha value is -1.10. The molecule has 5 heteroatoms. The molecule has 1 aliphatic rings. The number of esters is 1. The van der Waals surface area contributed by atoms with Crippen molar-refractivity contribution in [1.82, 2.24) is 5.32 Å². The zero-order chi connectivity index (χ0) is 12.9. The van der Waals surface area contributed by atoms with Gasteiger partial charge in [-0.2, -0.15) is 0 Å². The lowest BCUT2D eigenvalue weighted by Gasteiger charge is -2.36. The molecule has 3 N–H and O–H groups in total. The monoisotopic (exact) mass is 242 g/mol. The number of nitrogens with one attached hydrogen (secondary N) is 1. The second-order valence-electron chi connectivity index (χ2n) is 4.64. The molecule has 17 heavy (non-hydrogen) atoms. The molecule has 0 aliphatic heterocycles. The number of amides is 1. The SMILES string of the molecule is CCOC(=O)C1(NC(=O)C(C)N)CCCCC1. The summed E-state index contributed by atoms with van der Waals surface area (Å²) < 4.78 is 5.07. The minimum Gasteiger partial charge on any atom is -0.464 e. The fraction of sp³-hybridized carbons (Fsp3) is 0.833. The molecule has 0 bridgehead atoms. The summed E-state index contributed by atoms with van der Waals surface area (Å²) in [7, 11) is 0. The van der Waals surface area contributed by atoms with Gasteiger partial charge < -0.3 is 15.8 Å². The highest BCUT2D eigenvalue weighted by molar-refractivity contribution is 5.90. The van der Waals surface area contributed by atoms with Gasteiger partial charge in [-0.15, -0.1) is 0 Å². The first kappa shape index (κ1) is 14.0. The summed E-state index contributed by atoms with van der Waals surface area (Å²) in [6.45, 7) is 3.70. The van der Waals surface area contributed by atoms with E-state index in [4.69, 9.17) is 10.5 Å². The van der Waals surface area contributed by atoms with E-state index in [1.54, 1.807) is 13.8 Å². The molecular formula is C12H22N2O3. The first-order chi connectivity index (χ1) is 8.02. The van der Waals surface area contributed by atoms with Crippen molar-refractivity contribution in [3.8, 4) is 0 Å². The van der Waals surface area contributed by atoms with Crippen LogP contribution in [0.25, 0.3) is 0 Å². The van der Waals surface area contributed by atoms with Gasteiger partial charge in [0.05, 0.1) is 12.6 Å². The van der Waals surface area contributed by atoms with Crippen LogP contribution in [0.1, 0.15) is 46.0 Å². The lowest BCUT2D eigenvalue weighted by Crippen LogP contribution is -2.59. The Morgan fingerprint density at radius 2 is 1.94 bits per heavy atom. The van der Waals surface area contributed by atoms with Crippen molar-refractivity contribution in [3.05, 3.63) is 0 Å². The van der Waals surface area contributed by atoms with Crippen LogP contribution in [-0.4, -0.2) is 30.1 Å². The smallest absolute Gasteiger partial charge is 0.331 e. The van der Waals surface area contributed by atoms with Crippen molar-refractivity contribution < 1.29 is 14.3 Å². The van der Waals surface area contributed by atoms with Crippen LogP contribution in [0.5, 0.6) is 0 Å². The number of rotatable bonds is 4. The molecule has 5 nitrogen and oxygen atoms in total. The van der Waals surface area contributed by atoms with Crippen LogP contribution in [-0.2, 0) is 14.3 Å². The van der Waals surface area contributed by atoms with Gasteiger partial charge in [-0.1, -0.05) is 19.3 Å². The van der Waals surface area contributed by atoms with E-state index < -0.39 is 11.6 Å². The first-order valence-electron chi connectivity index (χ1n) is 6.26. The largest absolute Gasteiger partial charge is 0.464 e. The van der Waals surface area contributed by atoms with Crippen molar-refractivity contribution in [2.45, 2.75) is 57.5 Å². The summed E-state index contributed by atoms with van der Waals surface area (Å²) in [6, 6.07) is -0.608. The molecular weight excluding hydrogens is 220 g/mol. The highest BCUT2D eigenvalue weighted by Crippen LogP contribution is 2.29. The molecule has 1 atom stereocenters. The normalized spacial score (nSPS) is 20.4. The molecule has 0 heterocycles. The molecule has 1 fully saturated rings. The second kappa shape index (κ2) is 6.00. The molecule has 1 amide bonds. The van der Waals surface area contributed by atoms with E-state index in [-0.39, 0.29) is 11.9 Å². The van der Waals surface area contributed by atoms with E-state index in [1.807, 2.05) is 0 Å². The predicted molar refractivity (Wildman–Crippen MR) is 64.2 cm³/mol. The van der Waals surface area contributed by atoms with Gasteiger partial charge in [0.2, 0.25) is 5.91 Å². The minimum atomic E-state index is -0.848. The van der Waals surface area contributed by atoms with Gasteiger partial charge in [0, 0.05) is 0 Å². The molecule has 0 aromatic carbocycles. The van der Waals surface area contributed by atoms with E-state index >= 15 is 0 Å². The maximum Gasteiger partial charge on any atom is 0.331 e. The van der Waals surface area contributed by atoms with Gasteiger partial charge in [-0.3, -0.25) is 4.79 Å². The number of nitrogens with two attached hydrogens (primary N) is 1. The Bertz CT molecular complexity index is 283. The van der Waals surface area contributed by atoms with E-state index in [0.29, 0.717) is 19.4 Å². The van der Waals surface area contributed by atoms with Crippen molar-refractivity contribution in [3.63, 3.8) is 0 Å². The third-order valence-corrected chi connectivity index (χ3v) is 3.15. The number of hydrogen-bond acceptors (Lipinski definition) is 4. The van der Waals surface area contributed by atoms with Crippen LogP contribution < -0.4 is 11.1 Å². The van der Waals surface area contributed by atoms with Gasteiger partial charge in [-0.05, 0) is 26.7 Å². The van der Waals surface area contributed by atoms with Crippen LogP contribution >= 0.6 is 0 Å². The van der Waals surface area contributed by atoms with E-state index in [9.17, 15) is 9.59 Å². The Morgan fingerprint density at radius 1 is 1.35 bits per heavy atom. The van der Waals surface area contributed by atoms with Gasteiger partial charge in [0.15, 0.2) is 0 Å². The summed E-state index contributed by atoms with van der Waals surface area (Å²) in [6.07, 6.45) is 4.24. The molecule has 1 saturated carbocycles. The molecule has 98 valence electrons. The third-order valence-electron chi connectivity index (χ3n) is 3.15. The average Bonchev–Trinajstić information content (AvgIpc) is 2.30. The van der Waals surface area contributed by atoms with Crippen molar-refractivity contribution in [1.29, 1.82) is 0 Å². The summed E-state index contributed by atoms with van der Waals surface area (Å²) in [5.41, 5.74) is 4.67. The molecule has 1 aliphatic carbocycles. The van der Waals surface area contributed by atoms with E-state index in [0.717, 1.165) is 19.3 Å². The third kappa shape index (κ3) is 3.43. The van der Waals surface area contributed by atoms with Gasteiger partial charge in [0.25, 0.3) is 0 Å². The zero-order valence-electron chi connectivity index (χ0n) is 10.6. The summed E-state index contributed by atoms with van der Waals surface area (Å²) >= 11 is 0. The maximum absolute atomic E-state index is 12.0. The fourth-order valence-electron chi connectivity index (χ4n) is 2.15. The van der Waals surface area contributed by atoms with Crippen molar-refractivity contribution in [2.75, 3.05) is 6.61 Å². The Morgan fingerprint density at radius 3 is 2.41 bits per heavy atom. The van der Waals surface area contributed by atoms with Crippen LogP contribution in [0.2, 0.25) is 0 Å². The van der Waals surface area contributed by atoms with Crippen LogP contribution in [0, 0.1) is 0 Å². The number of carbonyl (C=O) groups excluding carboxylic acids is 2. The molecule has 0 spiro atoms. The summed E-state index contributed by atoms with van der Waals surface area (Å²) in [4.78, 5) is 23.7. The highest BCUT2D eigenvalue weighted by atomic mass is 16.5. The second-order valence-corrected chi connectivity index (χ2v) is 4.64. The number of carbonyl (C=O) groups is 2. The van der Waals surface area contributed by atoms with Gasteiger partial charge >= 0.3 is 5.97 Å². The lowest BCUT2D eigenvalue weighted by molar-refractivity contribution is -0.155. The quantitative estimate of drug-likeness (QED) is 0.712. The lowest BCUT2D eigenvalue weighted by atomic mass is 9.81. The van der Waals surface area contributed by atoms with E-state index in [1.165, 1.54) is 0 Å². The van der Waals surface area contributed by atoms with Crippen LogP contribution in [0.15, 0.2) is 0 Å². The minimum absolute atomic E-state index is 0.292. The topological polar surface area (TPSA) is 81.4 Å². The van der Waals surface area contributed by atoms with Crippen molar-refractivity contribution in [2.24, 2.45) is 5.73 Å².